The van der Waals surface area contributed by atoms with Crippen LogP contribution in [0.15, 0.2) is 0 Å². The molecule has 0 unspecified atom stereocenters. The molecular weight excluding hydrogens is 240 g/mol. The van der Waals surface area contributed by atoms with Crippen molar-refractivity contribution in [3.8, 4) is 0 Å². The van der Waals surface area contributed by atoms with Crippen LogP contribution in [0.5, 0.6) is 0 Å². The van der Waals surface area contributed by atoms with Gasteiger partial charge in [0.2, 0.25) is 0 Å². The maximum atomic E-state index is 10.9. The van der Waals surface area contributed by atoms with Gasteiger partial charge < -0.3 is 15.3 Å². The van der Waals surface area contributed by atoms with Crippen molar-refractivity contribution in [3.05, 3.63) is 0 Å². The second-order valence-electron chi connectivity index (χ2n) is 5.57. The molecule has 0 aliphatic heterocycles. The molecule has 0 aromatic heterocycles. The number of carboxylic acids is 3. The van der Waals surface area contributed by atoms with Gasteiger partial charge in [0.1, 0.15) is 0 Å². The van der Waals surface area contributed by atoms with Gasteiger partial charge in [-0.1, -0.05) is 20.8 Å². The van der Waals surface area contributed by atoms with Crippen LogP contribution in [0.2, 0.25) is 0 Å². The summed E-state index contributed by atoms with van der Waals surface area (Å²) in [6.45, 7) is 5.21. The Morgan fingerprint density at radius 3 is 1.44 bits per heavy atom. The van der Waals surface area contributed by atoms with E-state index in [2.05, 4.69) is 0 Å². The summed E-state index contributed by atoms with van der Waals surface area (Å²) in [5, 5.41) is 26.6. The molecule has 104 valence electrons. The molecule has 0 aromatic carbocycles. The van der Waals surface area contributed by atoms with Crippen LogP contribution in [0.1, 0.15) is 46.5 Å². The normalized spacial score (nSPS) is 12.2. The van der Waals surface area contributed by atoms with Crippen LogP contribution in [0.3, 0.4) is 0 Å². The van der Waals surface area contributed by atoms with E-state index in [-0.39, 0.29) is 25.7 Å². The molecule has 0 radical (unpaired) electrons. The molecule has 0 fully saturated rings. The lowest BCUT2D eigenvalue weighted by atomic mass is 9.60. The van der Waals surface area contributed by atoms with Gasteiger partial charge >= 0.3 is 17.9 Å². The molecule has 6 heteroatoms. The molecule has 0 aliphatic rings. The van der Waals surface area contributed by atoms with E-state index >= 15 is 0 Å². The molecule has 0 aliphatic carbocycles. The van der Waals surface area contributed by atoms with Gasteiger partial charge in [-0.05, 0) is 17.3 Å². The first-order valence-electron chi connectivity index (χ1n) is 5.65. The largest absolute Gasteiger partial charge is 0.481 e. The zero-order chi connectivity index (χ0) is 14.6. The van der Waals surface area contributed by atoms with Crippen LogP contribution in [0, 0.1) is 10.8 Å². The molecule has 0 spiro atoms. The summed E-state index contributed by atoms with van der Waals surface area (Å²) in [5.41, 5.74) is -1.68. The van der Waals surface area contributed by atoms with Crippen LogP contribution in [-0.2, 0) is 14.4 Å². The third-order valence-electron chi connectivity index (χ3n) is 3.39. The molecule has 0 saturated heterocycles. The van der Waals surface area contributed by atoms with Gasteiger partial charge in [-0.2, -0.15) is 0 Å². The van der Waals surface area contributed by atoms with E-state index in [1.54, 1.807) is 20.8 Å². The van der Waals surface area contributed by atoms with Crippen LogP contribution < -0.4 is 0 Å². The number of carbonyl (C=O) groups is 3. The van der Waals surface area contributed by atoms with Crippen LogP contribution in [0.4, 0.5) is 0 Å². The van der Waals surface area contributed by atoms with Gasteiger partial charge in [-0.15, -0.1) is 0 Å². The van der Waals surface area contributed by atoms with Crippen LogP contribution in [-0.4, -0.2) is 33.2 Å². The second kappa shape index (κ2) is 5.84. The summed E-state index contributed by atoms with van der Waals surface area (Å²) in [6.07, 6.45) is -0.908. The van der Waals surface area contributed by atoms with Crippen molar-refractivity contribution in [1.29, 1.82) is 0 Å². The Bertz CT molecular complexity index is 323. The van der Waals surface area contributed by atoms with Crippen molar-refractivity contribution in [3.63, 3.8) is 0 Å². The van der Waals surface area contributed by atoms with Gasteiger partial charge in [-0.25, -0.2) is 0 Å². The van der Waals surface area contributed by atoms with Gasteiger partial charge in [0.15, 0.2) is 0 Å². The van der Waals surface area contributed by atoms with Crippen LogP contribution >= 0.6 is 0 Å². The zero-order valence-corrected chi connectivity index (χ0v) is 10.9. The number of hydrogen-bond donors (Lipinski definition) is 3. The highest BCUT2D eigenvalue weighted by Gasteiger charge is 2.45. The first-order valence-corrected chi connectivity index (χ1v) is 5.65. The Morgan fingerprint density at radius 2 is 1.22 bits per heavy atom. The van der Waals surface area contributed by atoms with Gasteiger partial charge in [0.25, 0.3) is 0 Å². The predicted molar refractivity (Wildman–Crippen MR) is 63.3 cm³/mol. The third kappa shape index (κ3) is 4.73. The summed E-state index contributed by atoms with van der Waals surface area (Å²) in [5.74, 6) is -3.28. The van der Waals surface area contributed by atoms with E-state index in [1.807, 2.05) is 0 Å². The highest BCUT2D eigenvalue weighted by atomic mass is 16.4. The third-order valence-corrected chi connectivity index (χ3v) is 3.39. The van der Waals surface area contributed by atoms with Crippen molar-refractivity contribution in [1.82, 2.24) is 0 Å². The van der Waals surface area contributed by atoms with Gasteiger partial charge in [0.05, 0.1) is 12.8 Å². The fourth-order valence-corrected chi connectivity index (χ4v) is 2.07. The smallest absolute Gasteiger partial charge is 0.303 e. The summed E-state index contributed by atoms with van der Waals surface area (Å²) >= 11 is 0. The standard InChI is InChI=1S/C12H20O6/c1-11(2,3)12(6-9(15)16,7-10(17)18)5-4-8(13)14/h4-7H2,1-3H3,(H,13,14)(H,15,16)(H,17,18). The Kier molecular flexibility index (Phi) is 5.32. The Balaban J connectivity index is 5.31. The fourth-order valence-electron chi connectivity index (χ4n) is 2.07. The molecule has 3 N–H and O–H groups in total. The molecule has 0 aromatic rings. The average molecular weight is 260 g/mol. The molecule has 0 saturated carbocycles. The molecule has 6 nitrogen and oxygen atoms in total. The zero-order valence-electron chi connectivity index (χ0n) is 10.9. The van der Waals surface area contributed by atoms with E-state index in [9.17, 15) is 14.4 Å². The lowest BCUT2D eigenvalue weighted by Crippen LogP contribution is -2.40. The minimum absolute atomic E-state index is 0.0322. The number of aliphatic carboxylic acids is 3. The summed E-state index contributed by atoms with van der Waals surface area (Å²) in [6, 6.07) is 0. The molecule has 18 heavy (non-hydrogen) atoms. The van der Waals surface area contributed by atoms with Gasteiger partial charge in [-0.3, -0.25) is 14.4 Å². The quantitative estimate of drug-likeness (QED) is 0.643. The SMILES string of the molecule is CC(C)(C)C(CCC(=O)O)(CC(=O)O)CC(=O)O. The molecule has 0 bridgehead atoms. The van der Waals surface area contributed by atoms with Crippen LogP contribution in [0.25, 0.3) is 0 Å². The lowest BCUT2D eigenvalue weighted by Gasteiger charge is -2.43. The molecular formula is C12H20O6. The number of hydrogen-bond acceptors (Lipinski definition) is 3. The van der Waals surface area contributed by atoms with E-state index in [1.165, 1.54) is 0 Å². The van der Waals surface area contributed by atoms with E-state index < -0.39 is 28.7 Å². The number of rotatable bonds is 7. The Hall–Kier alpha value is -1.59. The molecule has 0 rings (SSSR count). The van der Waals surface area contributed by atoms with Crippen molar-refractivity contribution < 1.29 is 29.7 Å². The topological polar surface area (TPSA) is 112 Å². The highest BCUT2D eigenvalue weighted by molar-refractivity contribution is 5.73. The highest BCUT2D eigenvalue weighted by Crippen LogP contribution is 2.48. The maximum Gasteiger partial charge on any atom is 0.303 e. The van der Waals surface area contributed by atoms with Gasteiger partial charge in [0, 0.05) is 6.42 Å². The Morgan fingerprint density at radius 1 is 0.833 bits per heavy atom. The molecule has 0 heterocycles. The van der Waals surface area contributed by atoms with E-state index in [0.29, 0.717) is 0 Å². The predicted octanol–water partition coefficient (Wildman–Crippen LogP) is 1.83. The van der Waals surface area contributed by atoms with Crippen molar-refractivity contribution in [2.45, 2.75) is 46.5 Å². The molecule has 0 atom stereocenters. The maximum absolute atomic E-state index is 10.9. The molecule has 0 amide bonds. The average Bonchev–Trinajstić information content (AvgIpc) is 2.10. The van der Waals surface area contributed by atoms with E-state index in [0.717, 1.165) is 0 Å². The number of carboxylic acid groups (broad SMARTS) is 3. The van der Waals surface area contributed by atoms with E-state index in [4.69, 9.17) is 15.3 Å². The second-order valence-corrected chi connectivity index (χ2v) is 5.57. The fraction of sp³-hybridized carbons (Fsp3) is 0.750. The Labute approximate surface area is 106 Å². The lowest BCUT2D eigenvalue weighted by molar-refractivity contribution is -0.151. The first kappa shape index (κ1) is 16.4. The first-order chi connectivity index (χ1) is 8.00. The summed E-state index contributed by atoms with van der Waals surface area (Å²) in [7, 11) is 0. The summed E-state index contributed by atoms with van der Waals surface area (Å²) in [4.78, 5) is 32.5. The van der Waals surface area contributed by atoms with Crippen molar-refractivity contribution in [2.24, 2.45) is 10.8 Å². The van der Waals surface area contributed by atoms with Crippen molar-refractivity contribution in [2.75, 3.05) is 0 Å². The minimum Gasteiger partial charge on any atom is -0.481 e. The minimum atomic E-state index is -1.11. The monoisotopic (exact) mass is 260 g/mol. The van der Waals surface area contributed by atoms with Crippen molar-refractivity contribution >= 4 is 17.9 Å². The summed E-state index contributed by atoms with van der Waals surface area (Å²) < 4.78 is 0.